The fourth-order valence-electron chi connectivity index (χ4n) is 3.97. The highest BCUT2D eigenvalue weighted by molar-refractivity contribution is 5.79. The first-order valence-electron chi connectivity index (χ1n) is 9.11. The van der Waals surface area contributed by atoms with Crippen molar-refractivity contribution in [3.05, 3.63) is 62.3 Å². The van der Waals surface area contributed by atoms with Gasteiger partial charge in [-0.05, 0) is 63.9 Å². The van der Waals surface area contributed by atoms with E-state index >= 15 is 0 Å². The van der Waals surface area contributed by atoms with Crippen LogP contribution in [0.25, 0.3) is 11.1 Å². The van der Waals surface area contributed by atoms with E-state index in [2.05, 4.69) is 5.32 Å². The Balaban J connectivity index is 2.41. The summed E-state index contributed by atoms with van der Waals surface area (Å²) in [4.78, 5) is 24.1. The van der Waals surface area contributed by atoms with Crippen LogP contribution in [0, 0.1) is 0 Å². The van der Waals surface area contributed by atoms with Crippen molar-refractivity contribution in [1.82, 2.24) is 5.32 Å². The summed E-state index contributed by atoms with van der Waals surface area (Å²) in [5.74, 6) is -0.219. The number of amides is 1. The van der Waals surface area contributed by atoms with E-state index in [1.165, 1.54) is 19.1 Å². The number of rotatable bonds is 4. The summed E-state index contributed by atoms with van der Waals surface area (Å²) in [5, 5.41) is 32.5. The van der Waals surface area contributed by atoms with Gasteiger partial charge in [-0.1, -0.05) is 12.1 Å². The first-order valence-corrected chi connectivity index (χ1v) is 9.11. The van der Waals surface area contributed by atoms with Crippen LogP contribution in [0.3, 0.4) is 0 Å². The lowest BCUT2D eigenvalue weighted by Gasteiger charge is -2.20. The van der Waals surface area contributed by atoms with Crippen LogP contribution >= 0.6 is 0 Å². The average Bonchev–Trinajstić information content (AvgIpc) is 2.90. The fourth-order valence-corrected chi connectivity index (χ4v) is 3.97. The minimum Gasteiger partial charge on any atom is -0.396 e. The van der Waals surface area contributed by atoms with E-state index in [0.717, 1.165) is 5.56 Å². The molecule has 0 saturated heterocycles. The zero-order valence-electron chi connectivity index (χ0n) is 15.7. The van der Waals surface area contributed by atoms with Crippen molar-refractivity contribution < 1.29 is 20.1 Å². The topological polar surface area (TPSA) is 133 Å². The van der Waals surface area contributed by atoms with Crippen LogP contribution < -0.4 is 16.5 Å². The van der Waals surface area contributed by atoms with E-state index in [-0.39, 0.29) is 36.8 Å². The smallest absolute Gasteiger partial charge is 0.217 e. The zero-order chi connectivity index (χ0) is 20.4. The highest BCUT2D eigenvalue weighted by atomic mass is 16.3. The maximum atomic E-state index is 12.4. The third kappa shape index (κ3) is 3.52. The number of fused-ring (bicyclic) bond motifs is 3. The number of hydrogen-bond acceptors (Lipinski definition) is 6. The van der Waals surface area contributed by atoms with E-state index in [0.29, 0.717) is 46.2 Å². The molecule has 1 atom stereocenters. The van der Waals surface area contributed by atoms with Gasteiger partial charge in [0.2, 0.25) is 11.3 Å². The van der Waals surface area contributed by atoms with E-state index in [1.807, 2.05) is 6.07 Å². The maximum absolute atomic E-state index is 12.4. The maximum Gasteiger partial charge on any atom is 0.217 e. The molecule has 0 radical (unpaired) electrons. The fraction of sp³-hybridized carbons (Fsp3) is 0.333. The summed E-state index contributed by atoms with van der Waals surface area (Å²) >= 11 is 0. The van der Waals surface area contributed by atoms with Crippen molar-refractivity contribution in [3.8, 4) is 11.1 Å². The Bertz CT molecular complexity index is 987. The Hall–Kier alpha value is -2.74. The van der Waals surface area contributed by atoms with Gasteiger partial charge in [0.15, 0.2) is 0 Å². The van der Waals surface area contributed by atoms with Crippen LogP contribution in [-0.2, 0) is 31.0 Å². The number of nitrogens with one attached hydrogen (secondary N) is 1. The second kappa shape index (κ2) is 8.10. The molecule has 0 bridgehead atoms. The molecule has 0 fully saturated rings. The van der Waals surface area contributed by atoms with Crippen LogP contribution in [0.1, 0.15) is 47.2 Å². The van der Waals surface area contributed by atoms with Crippen LogP contribution in [0.4, 0.5) is 5.69 Å². The van der Waals surface area contributed by atoms with E-state index < -0.39 is 6.04 Å². The van der Waals surface area contributed by atoms with Crippen LogP contribution in [0.15, 0.2) is 29.1 Å². The number of nitrogens with two attached hydrogens (primary N) is 1. The largest absolute Gasteiger partial charge is 0.396 e. The van der Waals surface area contributed by atoms with Gasteiger partial charge in [-0.2, -0.15) is 0 Å². The number of hydrogen-bond donors (Lipinski definition) is 5. The number of aryl methyl sites for hydroxylation is 1. The minimum absolute atomic E-state index is 0.0797. The highest BCUT2D eigenvalue weighted by Crippen LogP contribution is 2.41. The molecule has 6 N–H and O–H groups in total. The van der Waals surface area contributed by atoms with Gasteiger partial charge in [-0.3, -0.25) is 9.59 Å². The van der Waals surface area contributed by atoms with Crippen molar-refractivity contribution in [2.45, 2.75) is 45.6 Å². The van der Waals surface area contributed by atoms with Gasteiger partial charge in [0.1, 0.15) is 0 Å². The monoisotopic (exact) mass is 384 g/mol. The first-order chi connectivity index (χ1) is 13.4. The Morgan fingerprint density at radius 1 is 1.14 bits per heavy atom. The first kappa shape index (κ1) is 20.0. The molecule has 0 aromatic heterocycles. The van der Waals surface area contributed by atoms with E-state index in [9.17, 15) is 24.9 Å². The molecule has 1 aliphatic carbocycles. The van der Waals surface area contributed by atoms with Crippen LogP contribution in [0.2, 0.25) is 0 Å². The van der Waals surface area contributed by atoms with Gasteiger partial charge < -0.3 is 26.4 Å². The molecule has 3 rings (SSSR count). The molecular weight excluding hydrogens is 360 g/mol. The summed E-state index contributed by atoms with van der Waals surface area (Å²) in [6, 6.07) is 6.07. The molecule has 28 heavy (non-hydrogen) atoms. The van der Waals surface area contributed by atoms with Crippen molar-refractivity contribution in [2.75, 3.05) is 5.73 Å². The molecule has 0 saturated carbocycles. The summed E-state index contributed by atoms with van der Waals surface area (Å²) < 4.78 is 0. The molecule has 7 nitrogen and oxygen atoms in total. The normalized spacial score (nSPS) is 15.4. The van der Waals surface area contributed by atoms with Crippen LogP contribution in [-0.4, -0.2) is 21.2 Å². The molecule has 2 aromatic carbocycles. The number of aliphatic hydroxyl groups excluding tert-OH is 3. The van der Waals surface area contributed by atoms with Gasteiger partial charge >= 0.3 is 0 Å². The minimum atomic E-state index is -0.402. The number of carbonyl (C=O) groups is 1. The Morgan fingerprint density at radius 2 is 1.86 bits per heavy atom. The molecule has 2 aromatic rings. The quantitative estimate of drug-likeness (QED) is 0.532. The Morgan fingerprint density at radius 3 is 2.46 bits per heavy atom. The number of benzene rings is 1. The van der Waals surface area contributed by atoms with E-state index in [4.69, 9.17) is 5.73 Å². The average molecular weight is 384 g/mol. The molecule has 0 heterocycles. The highest BCUT2D eigenvalue weighted by Gasteiger charge is 2.27. The number of anilines is 1. The predicted octanol–water partition coefficient (Wildman–Crippen LogP) is 0.896. The molecule has 148 valence electrons. The summed E-state index contributed by atoms with van der Waals surface area (Å²) in [6.45, 7) is 0.477. The number of carbonyl (C=O) groups excluding carboxylic acids is 1. The zero-order valence-corrected chi connectivity index (χ0v) is 15.7. The summed E-state index contributed by atoms with van der Waals surface area (Å²) in [7, 11) is 0. The second-order valence-corrected chi connectivity index (χ2v) is 6.96. The lowest BCUT2D eigenvalue weighted by molar-refractivity contribution is -0.119. The number of aliphatic hydroxyl groups is 3. The Kier molecular flexibility index (Phi) is 5.79. The third-order valence-electron chi connectivity index (χ3n) is 5.25. The lowest BCUT2D eigenvalue weighted by Crippen LogP contribution is -2.26. The standard InChI is InChI=1S/C21H24N2O5/c1-11(27)23-19-5-2-12-6-13(8-24)16(9-25)17(10-26)21(12)14-3-4-18(22)20(28)7-15(14)19/h3-4,6-7,19,24-26H,2,5,8-10H2,1H3,(H2,22,28)(H,23,27)/t19-/m0/s1. The molecule has 1 aliphatic rings. The van der Waals surface area contributed by atoms with Crippen LogP contribution in [0.5, 0.6) is 0 Å². The number of nitrogen functional groups attached to an aromatic ring is 1. The van der Waals surface area contributed by atoms with Gasteiger partial charge in [0.05, 0.1) is 31.5 Å². The van der Waals surface area contributed by atoms with Crippen molar-refractivity contribution in [2.24, 2.45) is 0 Å². The molecule has 0 spiro atoms. The molecule has 0 unspecified atom stereocenters. The van der Waals surface area contributed by atoms with Crippen molar-refractivity contribution >= 4 is 11.6 Å². The van der Waals surface area contributed by atoms with E-state index in [1.54, 1.807) is 6.07 Å². The molecule has 0 aliphatic heterocycles. The molecular formula is C21H24N2O5. The summed E-state index contributed by atoms with van der Waals surface area (Å²) in [6.07, 6.45) is 1.10. The third-order valence-corrected chi connectivity index (χ3v) is 5.25. The predicted molar refractivity (Wildman–Crippen MR) is 105 cm³/mol. The SMILES string of the molecule is CC(=O)N[C@H]1CCc2cc(CO)c(CO)c(CO)c2-c2ccc(N)c(=O)cc21. The van der Waals surface area contributed by atoms with Gasteiger partial charge in [0.25, 0.3) is 0 Å². The van der Waals surface area contributed by atoms with Crippen molar-refractivity contribution in [3.63, 3.8) is 0 Å². The lowest BCUT2D eigenvalue weighted by atomic mass is 9.87. The van der Waals surface area contributed by atoms with Gasteiger partial charge in [0, 0.05) is 6.92 Å². The van der Waals surface area contributed by atoms with Crippen molar-refractivity contribution in [1.29, 1.82) is 0 Å². The Labute approximate surface area is 162 Å². The molecule has 1 amide bonds. The second-order valence-electron chi connectivity index (χ2n) is 6.96. The van der Waals surface area contributed by atoms with Gasteiger partial charge in [-0.15, -0.1) is 0 Å². The summed E-state index contributed by atoms with van der Waals surface area (Å²) in [5.41, 5.74) is 9.95. The van der Waals surface area contributed by atoms with Gasteiger partial charge in [-0.25, -0.2) is 0 Å². The molecule has 7 heteroatoms.